The molecule has 12 rings (SSSR count). The molecule has 4 aliphatic rings. The fourth-order valence-electron chi connectivity index (χ4n) is 11.8. The fourth-order valence-corrected chi connectivity index (χ4v) is 11.8. The van der Waals surface area contributed by atoms with Gasteiger partial charge in [-0.1, -0.05) is 178 Å². The maximum absolute atomic E-state index is 5.05. The number of nitrogens with zero attached hydrogens (tertiary/aromatic N) is 3. The van der Waals surface area contributed by atoms with Crippen LogP contribution in [0.3, 0.4) is 0 Å². The van der Waals surface area contributed by atoms with Crippen LogP contribution in [-0.4, -0.2) is 15.0 Å². The molecule has 60 heavy (non-hydrogen) atoms. The van der Waals surface area contributed by atoms with Crippen molar-refractivity contribution in [3.05, 3.63) is 186 Å². The molecule has 0 amide bonds. The molecule has 7 aromatic carbocycles. The van der Waals surface area contributed by atoms with Gasteiger partial charge >= 0.3 is 0 Å². The number of hydrogen-bond donors (Lipinski definition) is 0. The minimum Gasteiger partial charge on any atom is -0.208 e. The maximum atomic E-state index is 5.05. The van der Waals surface area contributed by atoms with E-state index in [4.69, 9.17) is 15.0 Å². The van der Waals surface area contributed by atoms with Gasteiger partial charge in [-0.25, -0.2) is 15.0 Å². The van der Waals surface area contributed by atoms with E-state index in [1.165, 1.54) is 103 Å². The quantitative estimate of drug-likeness (QED) is 0.175. The summed E-state index contributed by atoms with van der Waals surface area (Å²) in [6.07, 6.45) is 12.8. The van der Waals surface area contributed by atoms with E-state index in [2.05, 4.69) is 127 Å². The van der Waals surface area contributed by atoms with Crippen molar-refractivity contribution >= 4 is 0 Å². The Kier molecular flexibility index (Phi) is 8.34. The van der Waals surface area contributed by atoms with Gasteiger partial charge in [0, 0.05) is 27.5 Å². The second-order valence-electron chi connectivity index (χ2n) is 17.7. The lowest BCUT2D eigenvalue weighted by Crippen LogP contribution is -2.29. The molecule has 0 radical (unpaired) electrons. The smallest absolute Gasteiger partial charge is 0.164 e. The van der Waals surface area contributed by atoms with Gasteiger partial charge in [0.25, 0.3) is 0 Å². The van der Waals surface area contributed by atoms with Gasteiger partial charge in [0.2, 0.25) is 0 Å². The number of aromatic nitrogens is 3. The molecule has 8 aromatic rings. The van der Waals surface area contributed by atoms with Crippen molar-refractivity contribution in [3.63, 3.8) is 0 Å². The Morgan fingerprint density at radius 2 is 0.717 bits per heavy atom. The van der Waals surface area contributed by atoms with Crippen LogP contribution in [0, 0.1) is 0 Å². The molecule has 290 valence electrons. The molecule has 2 saturated carbocycles. The highest BCUT2D eigenvalue weighted by molar-refractivity contribution is 5.97. The third-order valence-electron chi connectivity index (χ3n) is 14.5. The molecule has 3 heteroatoms. The lowest BCUT2D eigenvalue weighted by Gasteiger charge is -2.37. The summed E-state index contributed by atoms with van der Waals surface area (Å²) in [6.45, 7) is 0. The van der Waals surface area contributed by atoms with E-state index in [1.807, 2.05) is 36.4 Å². The summed E-state index contributed by atoms with van der Waals surface area (Å²) >= 11 is 0. The maximum Gasteiger partial charge on any atom is 0.164 e. The normalized spacial score (nSPS) is 16.6. The number of fused-ring (bicyclic) bond motifs is 10. The van der Waals surface area contributed by atoms with Crippen LogP contribution in [0.15, 0.2) is 164 Å². The van der Waals surface area contributed by atoms with Crippen molar-refractivity contribution in [2.75, 3.05) is 0 Å². The van der Waals surface area contributed by atoms with Gasteiger partial charge in [0.1, 0.15) is 0 Å². The standard InChI is InChI=1S/C57H47N3/c1-5-18-38(19-6-1)53-58-54(39-20-7-2-8-21-39)60-55(59-53)43-25-16-23-41(35-43)40-22-15-24-42(34-40)44-27-17-29-49-52(44)47-37-50-46(36-51(47)57(49)32-13-4-14-33-57)45-26-9-10-28-48(45)56(50)30-11-3-12-31-56/h1-2,5-10,15-29,34-37H,3-4,11-14,30-33H2. The molecular formula is C57H47N3. The molecule has 4 aliphatic carbocycles. The zero-order chi connectivity index (χ0) is 39.7. The predicted molar refractivity (Wildman–Crippen MR) is 246 cm³/mol. The van der Waals surface area contributed by atoms with Crippen molar-refractivity contribution in [1.29, 1.82) is 0 Å². The van der Waals surface area contributed by atoms with Crippen molar-refractivity contribution in [3.8, 4) is 78.7 Å². The molecule has 0 N–H and O–H groups in total. The number of rotatable bonds is 5. The summed E-state index contributed by atoms with van der Waals surface area (Å²) in [5.41, 5.74) is 20.3. The van der Waals surface area contributed by atoms with E-state index in [0.29, 0.717) is 17.5 Å². The van der Waals surface area contributed by atoms with E-state index in [1.54, 1.807) is 22.3 Å². The Morgan fingerprint density at radius 1 is 0.283 bits per heavy atom. The van der Waals surface area contributed by atoms with Gasteiger partial charge in [-0.05, 0) is 117 Å². The van der Waals surface area contributed by atoms with Gasteiger partial charge in [0.05, 0.1) is 0 Å². The Balaban J connectivity index is 0.986. The minimum atomic E-state index is 0.0684. The average Bonchev–Trinajstić information content (AvgIpc) is 3.74. The monoisotopic (exact) mass is 773 g/mol. The summed E-state index contributed by atoms with van der Waals surface area (Å²) in [6, 6.07) is 60.3. The van der Waals surface area contributed by atoms with Crippen LogP contribution in [0.5, 0.6) is 0 Å². The molecule has 1 heterocycles. The zero-order valence-corrected chi connectivity index (χ0v) is 34.0. The zero-order valence-electron chi connectivity index (χ0n) is 34.0. The molecule has 0 saturated heterocycles. The first-order valence-electron chi connectivity index (χ1n) is 22.2. The van der Waals surface area contributed by atoms with Crippen molar-refractivity contribution in [1.82, 2.24) is 15.0 Å². The molecule has 0 atom stereocenters. The first-order valence-corrected chi connectivity index (χ1v) is 22.2. The summed E-state index contributed by atoms with van der Waals surface area (Å²) in [4.78, 5) is 15.0. The second kappa shape index (κ2) is 14.1. The SMILES string of the molecule is c1ccc(-c2nc(-c3ccccc3)nc(-c3cccc(-c4cccc(-c5cccc6c5-c5cc7c(cc5C65CCCCC5)-c5ccccc5C75CCCCC5)c4)c3)n2)cc1. The molecule has 0 aliphatic heterocycles. The highest BCUT2D eigenvalue weighted by Gasteiger charge is 2.49. The van der Waals surface area contributed by atoms with Gasteiger partial charge in [0.15, 0.2) is 17.5 Å². The van der Waals surface area contributed by atoms with E-state index >= 15 is 0 Å². The third kappa shape index (κ3) is 5.51. The second-order valence-corrected chi connectivity index (χ2v) is 17.7. The minimum absolute atomic E-state index is 0.0684. The van der Waals surface area contributed by atoms with E-state index in [-0.39, 0.29) is 10.8 Å². The molecule has 0 bridgehead atoms. The van der Waals surface area contributed by atoms with Gasteiger partial charge < -0.3 is 0 Å². The van der Waals surface area contributed by atoms with Crippen molar-refractivity contribution < 1.29 is 0 Å². The molecule has 0 unspecified atom stereocenters. The van der Waals surface area contributed by atoms with Gasteiger partial charge in [-0.2, -0.15) is 0 Å². The lowest BCUT2D eigenvalue weighted by molar-refractivity contribution is 0.350. The van der Waals surface area contributed by atoms with Crippen LogP contribution < -0.4 is 0 Å². The molecular weight excluding hydrogens is 727 g/mol. The van der Waals surface area contributed by atoms with Crippen LogP contribution in [0.1, 0.15) is 86.5 Å². The van der Waals surface area contributed by atoms with E-state index < -0.39 is 0 Å². The van der Waals surface area contributed by atoms with Gasteiger partial charge in [-0.3, -0.25) is 0 Å². The van der Waals surface area contributed by atoms with E-state index in [9.17, 15) is 0 Å². The van der Waals surface area contributed by atoms with Crippen molar-refractivity contribution in [2.24, 2.45) is 0 Å². The fraction of sp³-hybridized carbons (Fsp3) is 0.211. The van der Waals surface area contributed by atoms with Crippen LogP contribution >= 0.6 is 0 Å². The Labute approximate surface area is 353 Å². The summed E-state index contributed by atoms with van der Waals surface area (Å²) in [5, 5.41) is 0. The first-order chi connectivity index (χ1) is 29.7. The summed E-state index contributed by atoms with van der Waals surface area (Å²) < 4.78 is 0. The topological polar surface area (TPSA) is 38.7 Å². The van der Waals surface area contributed by atoms with Crippen LogP contribution in [0.4, 0.5) is 0 Å². The third-order valence-corrected chi connectivity index (χ3v) is 14.5. The predicted octanol–water partition coefficient (Wildman–Crippen LogP) is 14.7. The Bertz CT molecular complexity index is 2880. The van der Waals surface area contributed by atoms with Crippen LogP contribution in [0.25, 0.3) is 78.7 Å². The van der Waals surface area contributed by atoms with Crippen LogP contribution in [0.2, 0.25) is 0 Å². The Hall–Kier alpha value is -6.45. The van der Waals surface area contributed by atoms with Crippen molar-refractivity contribution in [2.45, 2.75) is 75.0 Å². The van der Waals surface area contributed by atoms with Gasteiger partial charge in [-0.15, -0.1) is 0 Å². The Morgan fingerprint density at radius 3 is 1.37 bits per heavy atom. The lowest BCUT2D eigenvalue weighted by atomic mass is 9.66. The summed E-state index contributed by atoms with van der Waals surface area (Å²) in [7, 11) is 0. The molecule has 1 aromatic heterocycles. The number of hydrogen-bond acceptors (Lipinski definition) is 3. The highest BCUT2D eigenvalue weighted by atomic mass is 15.0. The highest BCUT2D eigenvalue weighted by Crippen LogP contribution is 2.63. The molecule has 3 nitrogen and oxygen atoms in total. The molecule has 2 spiro atoms. The average molecular weight is 774 g/mol. The first kappa shape index (κ1) is 35.5. The van der Waals surface area contributed by atoms with E-state index in [0.717, 1.165) is 22.3 Å². The molecule has 2 fully saturated rings. The van der Waals surface area contributed by atoms with Crippen LogP contribution in [-0.2, 0) is 10.8 Å². The largest absolute Gasteiger partial charge is 0.208 e. The number of benzene rings is 7. The summed E-state index contributed by atoms with van der Waals surface area (Å²) in [5.74, 6) is 2.01.